The van der Waals surface area contributed by atoms with E-state index >= 15 is 0 Å². The van der Waals surface area contributed by atoms with Gasteiger partial charge in [0.1, 0.15) is 0 Å². The minimum Gasteiger partial charge on any atom is -0.461 e. The Balaban J connectivity index is 4.02. The molecule has 0 spiro atoms. The number of alkyl halides is 2. The zero-order valence-corrected chi connectivity index (χ0v) is 8.37. The second-order valence-corrected chi connectivity index (χ2v) is 4.00. The summed E-state index contributed by atoms with van der Waals surface area (Å²) in [4.78, 5) is 11.0. The fraction of sp³-hybridized carbons (Fsp3) is 0.857. The van der Waals surface area contributed by atoms with E-state index in [2.05, 4.69) is 0 Å². The van der Waals surface area contributed by atoms with Gasteiger partial charge < -0.3 is 4.74 Å². The van der Waals surface area contributed by atoms with E-state index in [0.29, 0.717) is 6.42 Å². The van der Waals surface area contributed by atoms with Gasteiger partial charge in [0.2, 0.25) is 4.33 Å². The molecule has 0 fully saturated rings. The van der Waals surface area contributed by atoms with Crippen LogP contribution in [0.15, 0.2) is 0 Å². The third-order valence-corrected chi connectivity index (χ3v) is 1.93. The summed E-state index contributed by atoms with van der Waals surface area (Å²) < 4.78 is 3.42. The van der Waals surface area contributed by atoms with Crippen LogP contribution in [0.1, 0.15) is 27.2 Å². The number of rotatable bonds is 3. The normalized spacial score (nSPS) is 11.8. The van der Waals surface area contributed by atoms with Crippen molar-refractivity contribution in [2.45, 2.75) is 37.6 Å². The van der Waals surface area contributed by atoms with Crippen LogP contribution in [0.25, 0.3) is 0 Å². The van der Waals surface area contributed by atoms with Crippen molar-refractivity contribution in [3.8, 4) is 0 Å². The van der Waals surface area contributed by atoms with Gasteiger partial charge >= 0.3 is 5.97 Å². The number of carbonyl (C=O) groups excluding carboxylic acids is 1. The van der Waals surface area contributed by atoms with Crippen LogP contribution in [-0.4, -0.2) is 16.4 Å². The monoisotopic (exact) mass is 198 g/mol. The maximum Gasteiger partial charge on any atom is 0.342 e. The van der Waals surface area contributed by atoms with Crippen molar-refractivity contribution in [1.82, 2.24) is 0 Å². The molecule has 4 heteroatoms. The summed E-state index contributed by atoms with van der Waals surface area (Å²) in [7, 11) is 0. The average Bonchev–Trinajstić information content (AvgIpc) is 1.86. The van der Waals surface area contributed by atoms with Gasteiger partial charge in [0.25, 0.3) is 0 Å². The largest absolute Gasteiger partial charge is 0.461 e. The molecule has 0 heterocycles. The van der Waals surface area contributed by atoms with E-state index in [1.54, 1.807) is 20.8 Å². The predicted molar refractivity (Wildman–Crippen MR) is 46.0 cm³/mol. The Morgan fingerprint density at radius 3 is 2.27 bits per heavy atom. The molecule has 0 rings (SSSR count). The van der Waals surface area contributed by atoms with Gasteiger partial charge in [-0.25, -0.2) is 4.79 Å². The molecule has 0 aromatic rings. The second kappa shape index (κ2) is 4.17. The number of ether oxygens (including phenoxy) is 1. The maximum atomic E-state index is 11.0. The third kappa shape index (κ3) is 3.82. The van der Waals surface area contributed by atoms with Crippen LogP contribution in [0.4, 0.5) is 0 Å². The van der Waals surface area contributed by atoms with Crippen LogP contribution in [0.2, 0.25) is 0 Å². The zero-order valence-electron chi connectivity index (χ0n) is 6.86. The molecule has 11 heavy (non-hydrogen) atoms. The second-order valence-electron chi connectivity index (χ2n) is 2.51. The summed E-state index contributed by atoms with van der Waals surface area (Å²) in [5.74, 6) is -0.571. The van der Waals surface area contributed by atoms with E-state index in [1.165, 1.54) is 0 Å². The van der Waals surface area contributed by atoms with Gasteiger partial charge in [0.05, 0.1) is 6.10 Å². The highest BCUT2D eigenvalue weighted by molar-refractivity contribution is 6.57. The summed E-state index contributed by atoms with van der Waals surface area (Å²) in [6.45, 7) is 5.22. The molecular formula is C7H12Cl2O2. The average molecular weight is 199 g/mol. The number of halogens is 2. The predicted octanol–water partition coefficient (Wildman–Crippen LogP) is 2.52. The lowest BCUT2D eigenvalue weighted by Crippen LogP contribution is -2.29. The van der Waals surface area contributed by atoms with E-state index in [9.17, 15) is 4.79 Å². The van der Waals surface area contributed by atoms with E-state index in [-0.39, 0.29) is 6.10 Å². The molecule has 0 amide bonds. The highest BCUT2D eigenvalue weighted by atomic mass is 35.5. The van der Waals surface area contributed by atoms with Crippen LogP contribution >= 0.6 is 23.2 Å². The summed E-state index contributed by atoms with van der Waals surface area (Å²) in [6, 6.07) is 0. The fourth-order valence-corrected chi connectivity index (χ4v) is 0.534. The highest BCUT2D eigenvalue weighted by Gasteiger charge is 2.33. The van der Waals surface area contributed by atoms with Crippen molar-refractivity contribution in [2.24, 2.45) is 0 Å². The van der Waals surface area contributed by atoms with Crippen LogP contribution in [0.5, 0.6) is 0 Å². The first-order chi connectivity index (χ1) is 4.90. The Hall–Kier alpha value is 0.0500. The Bertz CT molecular complexity index is 143. The van der Waals surface area contributed by atoms with Crippen LogP contribution in [-0.2, 0) is 9.53 Å². The van der Waals surface area contributed by atoms with E-state index < -0.39 is 10.3 Å². The molecule has 0 radical (unpaired) electrons. The lowest BCUT2D eigenvalue weighted by atomic mass is 10.3. The Kier molecular flexibility index (Phi) is 4.19. The molecular weight excluding hydrogens is 187 g/mol. The molecule has 0 saturated heterocycles. The smallest absolute Gasteiger partial charge is 0.342 e. The lowest BCUT2D eigenvalue weighted by molar-refractivity contribution is -0.148. The number of hydrogen-bond acceptors (Lipinski definition) is 2. The molecule has 0 aromatic carbocycles. The topological polar surface area (TPSA) is 26.3 Å². The minimum atomic E-state index is -1.38. The quantitative estimate of drug-likeness (QED) is 0.515. The van der Waals surface area contributed by atoms with Crippen LogP contribution in [0.3, 0.4) is 0 Å². The Labute approximate surface area is 76.8 Å². The third-order valence-electron chi connectivity index (χ3n) is 1.09. The Morgan fingerprint density at radius 1 is 1.55 bits per heavy atom. The van der Waals surface area contributed by atoms with E-state index in [0.717, 1.165) is 0 Å². The zero-order chi connectivity index (χ0) is 9.07. The van der Waals surface area contributed by atoms with Crippen molar-refractivity contribution in [2.75, 3.05) is 0 Å². The molecule has 0 unspecified atom stereocenters. The molecule has 0 N–H and O–H groups in total. The first-order valence-electron chi connectivity index (χ1n) is 3.49. The van der Waals surface area contributed by atoms with Gasteiger partial charge in [-0.15, -0.1) is 0 Å². The van der Waals surface area contributed by atoms with Crippen molar-refractivity contribution >= 4 is 29.2 Å². The van der Waals surface area contributed by atoms with Gasteiger partial charge in [-0.05, 0) is 20.3 Å². The molecule has 0 aliphatic heterocycles. The number of carbonyl (C=O) groups is 1. The van der Waals surface area contributed by atoms with E-state index in [4.69, 9.17) is 27.9 Å². The van der Waals surface area contributed by atoms with Crippen LogP contribution in [0, 0.1) is 0 Å². The molecule has 0 aromatic heterocycles. The Morgan fingerprint density at radius 2 is 2.00 bits per heavy atom. The molecule has 66 valence electrons. The molecule has 0 aliphatic carbocycles. The van der Waals surface area contributed by atoms with Crippen LogP contribution < -0.4 is 0 Å². The summed E-state index contributed by atoms with van der Waals surface area (Å²) in [5.41, 5.74) is 0. The summed E-state index contributed by atoms with van der Waals surface area (Å²) in [6.07, 6.45) is 0.174. The minimum absolute atomic E-state index is 0.175. The number of esters is 1. The fourth-order valence-electron chi connectivity index (χ4n) is 0.445. The standard InChI is InChI=1S/C7H12Cl2O2/c1-4-7(8,9)6(10)11-5(2)3/h5H,4H2,1-3H3. The van der Waals surface area contributed by atoms with Gasteiger partial charge in [-0.1, -0.05) is 30.1 Å². The van der Waals surface area contributed by atoms with Crippen molar-refractivity contribution in [3.63, 3.8) is 0 Å². The lowest BCUT2D eigenvalue weighted by Gasteiger charge is -2.17. The van der Waals surface area contributed by atoms with Gasteiger partial charge in [0, 0.05) is 0 Å². The summed E-state index contributed by atoms with van der Waals surface area (Å²) >= 11 is 11.2. The maximum absolute atomic E-state index is 11.0. The molecule has 0 aliphatic rings. The van der Waals surface area contributed by atoms with Crippen molar-refractivity contribution in [1.29, 1.82) is 0 Å². The molecule has 0 bridgehead atoms. The van der Waals surface area contributed by atoms with Crippen molar-refractivity contribution in [3.05, 3.63) is 0 Å². The molecule has 0 atom stereocenters. The SMILES string of the molecule is CCC(Cl)(Cl)C(=O)OC(C)C. The first-order valence-corrected chi connectivity index (χ1v) is 4.24. The number of hydrogen-bond donors (Lipinski definition) is 0. The molecule has 2 nitrogen and oxygen atoms in total. The van der Waals surface area contributed by atoms with Gasteiger partial charge in [-0.3, -0.25) is 0 Å². The van der Waals surface area contributed by atoms with Gasteiger partial charge in [0.15, 0.2) is 0 Å². The highest BCUT2D eigenvalue weighted by Crippen LogP contribution is 2.26. The van der Waals surface area contributed by atoms with E-state index in [1.807, 2.05) is 0 Å². The molecule has 0 saturated carbocycles. The van der Waals surface area contributed by atoms with Crippen molar-refractivity contribution < 1.29 is 9.53 Å². The summed E-state index contributed by atoms with van der Waals surface area (Å²) in [5, 5.41) is 0. The van der Waals surface area contributed by atoms with Gasteiger partial charge in [-0.2, -0.15) is 0 Å². The first kappa shape index (κ1) is 11.1.